The Labute approximate surface area is 185 Å². The van der Waals surface area contributed by atoms with Crippen LogP contribution in [0.1, 0.15) is 75.3 Å². The van der Waals surface area contributed by atoms with Crippen LogP contribution >= 0.6 is 0 Å². The summed E-state index contributed by atoms with van der Waals surface area (Å²) in [5.41, 5.74) is 0.989. The van der Waals surface area contributed by atoms with Crippen LogP contribution in [-0.4, -0.2) is 29.3 Å². The third-order valence-corrected chi connectivity index (χ3v) is 21.6. The number of aromatic amines is 1. The molecule has 0 aliphatic rings. The molecule has 2 rings (SSSR count). The zero-order chi connectivity index (χ0) is 21.8. The van der Waals surface area contributed by atoms with Crippen LogP contribution in [0.2, 0.25) is 13.3 Å². The van der Waals surface area contributed by atoms with E-state index >= 15 is 0 Å². The molecular formula is C25H37NO3Sn. The standard InChI is InChI=1S/C13H10NO3.3C4H9.Sn/c15-12-8-4-7-11(14-12)9-17-13(16)10-5-2-1-3-6-10;3*1-3-4-2;/h2-8H,9H2,(H,14,15);3*1,3-4H2,2H3;. The van der Waals surface area contributed by atoms with E-state index in [1.807, 2.05) is 12.1 Å². The van der Waals surface area contributed by atoms with Crippen LogP contribution in [0.15, 0.2) is 47.3 Å². The van der Waals surface area contributed by atoms with E-state index in [1.54, 1.807) is 15.7 Å². The minimum absolute atomic E-state index is 0.0728. The summed E-state index contributed by atoms with van der Waals surface area (Å²) in [6.45, 7) is 6.93. The minimum atomic E-state index is -2.46. The summed E-state index contributed by atoms with van der Waals surface area (Å²) in [7, 11) is 0. The van der Waals surface area contributed by atoms with Crippen molar-refractivity contribution in [2.75, 3.05) is 0 Å². The Bertz CT molecular complexity index is 807. The van der Waals surface area contributed by atoms with Gasteiger partial charge in [0, 0.05) is 0 Å². The first kappa shape index (κ1) is 24.7. The Morgan fingerprint density at radius 3 is 1.93 bits per heavy atom. The fourth-order valence-corrected chi connectivity index (χ4v) is 20.0. The Hall–Kier alpha value is -1.56. The number of carbonyl (C=O) groups is 1. The van der Waals surface area contributed by atoms with Crippen LogP contribution in [0.5, 0.6) is 0 Å². The van der Waals surface area contributed by atoms with Gasteiger partial charge >= 0.3 is 186 Å². The molecule has 0 saturated heterocycles. The third kappa shape index (κ3) is 7.29. The van der Waals surface area contributed by atoms with E-state index in [4.69, 9.17) is 4.74 Å². The number of hydrogen-bond acceptors (Lipinski definition) is 3. The first-order valence-electron chi connectivity index (χ1n) is 11.5. The first-order valence-corrected chi connectivity index (χ1v) is 19.0. The predicted molar refractivity (Wildman–Crippen MR) is 127 cm³/mol. The van der Waals surface area contributed by atoms with Crippen LogP contribution in [0.3, 0.4) is 0 Å². The fourth-order valence-electron chi connectivity index (χ4n) is 4.12. The van der Waals surface area contributed by atoms with Crippen molar-refractivity contribution in [1.29, 1.82) is 0 Å². The molecule has 30 heavy (non-hydrogen) atoms. The average molecular weight is 518 g/mol. The third-order valence-electron chi connectivity index (χ3n) is 5.95. The van der Waals surface area contributed by atoms with Gasteiger partial charge in [-0.25, -0.2) is 0 Å². The molecule has 4 nitrogen and oxygen atoms in total. The molecule has 0 bridgehead atoms. The van der Waals surface area contributed by atoms with Gasteiger partial charge in [0.05, 0.1) is 0 Å². The predicted octanol–water partition coefficient (Wildman–Crippen LogP) is 5.79. The maximum atomic E-state index is 12.5. The number of ether oxygens (including phenoxy) is 1. The molecule has 0 saturated carbocycles. The van der Waals surface area contributed by atoms with E-state index in [1.165, 1.54) is 57.9 Å². The van der Waals surface area contributed by atoms with Gasteiger partial charge in [-0.3, -0.25) is 0 Å². The number of nitrogens with one attached hydrogen (secondary N) is 1. The maximum absolute atomic E-state index is 12.5. The van der Waals surface area contributed by atoms with Crippen LogP contribution in [0, 0.1) is 0 Å². The van der Waals surface area contributed by atoms with Gasteiger partial charge < -0.3 is 0 Å². The number of carbonyl (C=O) groups excluding carboxylic acids is 1. The quantitative estimate of drug-likeness (QED) is 0.270. The Balaban J connectivity index is 2.15. The van der Waals surface area contributed by atoms with Crippen molar-refractivity contribution in [3.63, 3.8) is 0 Å². The fraction of sp³-hybridized carbons (Fsp3) is 0.520. The van der Waals surface area contributed by atoms with E-state index in [0.717, 1.165) is 0 Å². The number of unbranched alkanes of at least 4 members (excludes halogenated alkanes) is 3. The molecule has 164 valence electrons. The van der Waals surface area contributed by atoms with Crippen LogP contribution in [0.25, 0.3) is 0 Å². The molecule has 0 aliphatic carbocycles. The van der Waals surface area contributed by atoms with Gasteiger partial charge in [-0.2, -0.15) is 0 Å². The summed E-state index contributed by atoms with van der Waals surface area (Å²) in [5.74, 6) is -0.345. The summed E-state index contributed by atoms with van der Waals surface area (Å²) >= 11 is -2.46. The van der Waals surface area contributed by atoms with Gasteiger partial charge in [-0.05, 0) is 0 Å². The number of H-pyrrole nitrogens is 1. The molecule has 0 unspecified atom stereocenters. The van der Waals surface area contributed by atoms with Crippen molar-refractivity contribution >= 4 is 27.9 Å². The monoisotopic (exact) mass is 519 g/mol. The Kier molecular flexibility index (Phi) is 10.7. The first-order chi connectivity index (χ1) is 14.5. The van der Waals surface area contributed by atoms with E-state index < -0.39 is 18.4 Å². The zero-order valence-electron chi connectivity index (χ0n) is 18.8. The number of hydrogen-bond donors (Lipinski definition) is 1. The molecule has 5 heteroatoms. The van der Waals surface area contributed by atoms with Gasteiger partial charge in [0.1, 0.15) is 0 Å². The summed E-state index contributed by atoms with van der Waals surface area (Å²) in [6.07, 6.45) is 7.72. The number of benzene rings is 1. The summed E-state index contributed by atoms with van der Waals surface area (Å²) in [4.78, 5) is 26.5. The van der Waals surface area contributed by atoms with Gasteiger partial charge in [-0.1, -0.05) is 0 Å². The van der Waals surface area contributed by atoms with Crippen molar-refractivity contribution in [2.45, 2.75) is 79.2 Å². The second-order valence-electron chi connectivity index (χ2n) is 8.28. The van der Waals surface area contributed by atoms with Crippen molar-refractivity contribution in [1.82, 2.24) is 4.98 Å². The van der Waals surface area contributed by atoms with Crippen molar-refractivity contribution in [3.8, 4) is 0 Å². The SMILES string of the molecule is CCC[CH2][Sn]([CH2]CCC)([CH2]CCC)[c]1ccc(C(=O)OCc2cccc(=O)[nH]2)cc1. The second-order valence-corrected chi connectivity index (χ2v) is 21.5. The van der Waals surface area contributed by atoms with E-state index in [-0.39, 0.29) is 18.1 Å². The van der Waals surface area contributed by atoms with Crippen LogP contribution in [0.4, 0.5) is 0 Å². The van der Waals surface area contributed by atoms with Crippen LogP contribution in [-0.2, 0) is 11.3 Å². The molecule has 1 aromatic heterocycles. The number of aromatic nitrogens is 1. The Morgan fingerprint density at radius 2 is 1.43 bits per heavy atom. The molecule has 0 aliphatic heterocycles. The molecular weight excluding hydrogens is 481 g/mol. The Morgan fingerprint density at radius 1 is 0.867 bits per heavy atom. The van der Waals surface area contributed by atoms with E-state index in [9.17, 15) is 9.59 Å². The molecule has 0 atom stereocenters. The molecule has 2 aromatic rings. The molecule has 0 radical (unpaired) electrons. The molecule has 1 heterocycles. The molecule has 0 spiro atoms. The normalized spacial score (nSPS) is 11.4. The summed E-state index contributed by atoms with van der Waals surface area (Å²) < 4.78 is 11.2. The van der Waals surface area contributed by atoms with Gasteiger partial charge in [0.15, 0.2) is 0 Å². The number of pyridine rings is 1. The number of rotatable bonds is 13. The summed E-state index contributed by atoms with van der Waals surface area (Å²) in [6, 6.07) is 13.2. The van der Waals surface area contributed by atoms with Gasteiger partial charge in [0.2, 0.25) is 0 Å². The summed E-state index contributed by atoms with van der Waals surface area (Å²) in [5, 5.41) is 0. The van der Waals surface area contributed by atoms with E-state index in [2.05, 4.69) is 37.9 Å². The van der Waals surface area contributed by atoms with Gasteiger partial charge in [-0.15, -0.1) is 0 Å². The van der Waals surface area contributed by atoms with Crippen molar-refractivity contribution < 1.29 is 9.53 Å². The second kappa shape index (κ2) is 13.0. The molecule has 0 fully saturated rings. The van der Waals surface area contributed by atoms with Crippen molar-refractivity contribution in [2.24, 2.45) is 0 Å². The van der Waals surface area contributed by atoms with Crippen LogP contribution < -0.4 is 9.14 Å². The molecule has 1 N–H and O–H groups in total. The topological polar surface area (TPSA) is 59.2 Å². The van der Waals surface area contributed by atoms with Gasteiger partial charge in [0.25, 0.3) is 0 Å². The number of esters is 1. The molecule has 1 aromatic carbocycles. The van der Waals surface area contributed by atoms with E-state index in [0.29, 0.717) is 11.3 Å². The van der Waals surface area contributed by atoms with Crippen molar-refractivity contribution in [3.05, 3.63) is 64.1 Å². The molecule has 0 amide bonds. The zero-order valence-corrected chi connectivity index (χ0v) is 21.7. The average Bonchev–Trinajstić information content (AvgIpc) is 2.77.